The molecular formula is C25H19FN4O3. The maximum Gasteiger partial charge on any atom is 0.259 e. The SMILES string of the molecule is Cc1cc2c(c(=O)n1C)[C@]1(C(=O)N(Cc3ccc(F)cc3)c3ccccc31)C(C#N)=C(N)O2. The molecule has 2 aromatic carbocycles. The first-order valence-electron chi connectivity index (χ1n) is 10.3. The number of aromatic nitrogens is 1. The van der Waals surface area contributed by atoms with Crippen molar-refractivity contribution in [3.8, 4) is 11.8 Å². The molecule has 3 heterocycles. The lowest BCUT2D eigenvalue weighted by atomic mass is 9.69. The highest BCUT2D eigenvalue weighted by atomic mass is 19.1. The van der Waals surface area contributed by atoms with E-state index in [9.17, 15) is 19.2 Å². The Morgan fingerprint density at radius 2 is 1.85 bits per heavy atom. The Bertz CT molecular complexity index is 1470. The van der Waals surface area contributed by atoms with Crippen LogP contribution in [0.4, 0.5) is 10.1 Å². The van der Waals surface area contributed by atoms with Crippen molar-refractivity contribution in [2.24, 2.45) is 12.8 Å². The third-order valence-corrected chi connectivity index (χ3v) is 6.38. The van der Waals surface area contributed by atoms with Gasteiger partial charge in [0.25, 0.3) is 5.56 Å². The van der Waals surface area contributed by atoms with E-state index in [-0.39, 0.29) is 35.1 Å². The molecule has 2 aliphatic heterocycles. The Morgan fingerprint density at radius 1 is 1.15 bits per heavy atom. The summed E-state index contributed by atoms with van der Waals surface area (Å²) in [5, 5.41) is 10.1. The van der Waals surface area contributed by atoms with Crippen LogP contribution in [0, 0.1) is 24.1 Å². The van der Waals surface area contributed by atoms with Crippen molar-refractivity contribution >= 4 is 11.6 Å². The number of ether oxygens (including phenoxy) is 1. The topological polar surface area (TPSA) is 101 Å². The van der Waals surface area contributed by atoms with Crippen molar-refractivity contribution in [3.63, 3.8) is 0 Å². The number of hydrogen-bond donors (Lipinski definition) is 1. The van der Waals surface area contributed by atoms with E-state index in [4.69, 9.17) is 10.5 Å². The van der Waals surface area contributed by atoms with Crippen molar-refractivity contribution in [3.05, 3.63) is 105 Å². The number of benzene rings is 2. The standard InChI is InChI=1S/C25H19FN4O3/c1-14-11-20-21(23(31)29(14)2)25(18(12-27)22(28)33-20)17-5-3-4-6-19(17)30(24(25)32)13-15-7-9-16(26)10-8-15/h3-11H,13,28H2,1-2H3/t25-/m1/s1. The van der Waals surface area contributed by atoms with Crippen molar-refractivity contribution in [2.45, 2.75) is 18.9 Å². The van der Waals surface area contributed by atoms with E-state index >= 15 is 0 Å². The maximum absolute atomic E-state index is 14.2. The summed E-state index contributed by atoms with van der Waals surface area (Å²) in [5.41, 5.74) is 6.20. The average Bonchev–Trinajstić information content (AvgIpc) is 3.03. The van der Waals surface area contributed by atoms with Crippen LogP contribution in [0.3, 0.4) is 0 Å². The quantitative estimate of drug-likeness (QED) is 0.658. The van der Waals surface area contributed by atoms with Gasteiger partial charge in [-0.3, -0.25) is 9.59 Å². The van der Waals surface area contributed by atoms with Gasteiger partial charge in [0.05, 0.1) is 12.1 Å². The highest BCUT2D eigenvalue weighted by molar-refractivity contribution is 6.14. The van der Waals surface area contributed by atoms with Crippen LogP contribution in [0.1, 0.15) is 22.4 Å². The van der Waals surface area contributed by atoms with E-state index in [2.05, 4.69) is 0 Å². The number of fused-ring (bicyclic) bond motifs is 4. The molecule has 1 atom stereocenters. The molecule has 0 bridgehead atoms. The van der Waals surface area contributed by atoms with Gasteiger partial charge < -0.3 is 19.9 Å². The largest absolute Gasteiger partial charge is 0.440 e. The molecule has 5 rings (SSSR count). The summed E-state index contributed by atoms with van der Waals surface area (Å²) >= 11 is 0. The smallest absolute Gasteiger partial charge is 0.259 e. The molecule has 164 valence electrons. The molecule has 2 aliphatic rings. The maximum atomic E-state index is 14.2. The average molecular weight is 442 g/mol. The van der Waals surface area contributed by atoms with E-state index in [1.807, 2.05) is 6.07 Å². The van der Waals surface area contributed by atoms with Crippen LogP contribution in [0.2, 0.25) is 0 Å². The number of para-hydroxylation sites is 1. The zero-order chi connectivity index (χ0) is 23.5. The van der Waals surface area contributed by atoms with Gasteiger partial charge in [-0.1, -0.05) is 30.3 Å². The van der Waals surface area contributed by atoms with Gasteiger partial charge in [-0.05, 0) is 30.7 Å². The molecule has 1 spiro atoms. The van der Waals surface area contributed by atoms with Gasteiger partial charge in [0.15, 0.2) is 5.41 Å². The fraction of sp³-hybridized carbons (Fsp3) is 0.160. The summed E-state index contributed by atoms with van der Waals surface area (Å²) in [6.45, 7) is 1.86. The third kappa shape index (κ3) is 2.66. The zero-order valence-electron chi connectivity index (χ0n) is 17.9. The summed E-state index contributed by atoms with van der Waals surface area (Å²) in [4.78, 5) is 29.3. The lowest BCUT2D eigenvalue weighted by molar-refractivity contribution is -0.121. The normalized spacial score (nSPS) is 18.7. The fourth-order valence-corrected chi connectivity index (χ4v) is 4.70. The van der Waals surface area contributed by atoms with Crippen LogP contribution in [-0.2, 0) is 23.8 Å². The van der Waals surface area contributed by atoms with E-state index < -0.39 is 16.9 Å². The molecule has 7 nitrogen and oxygen atoms in total. The number of carbonyl (C=O) groups is 1. The molecule has 2 N–H and O–H groups in total. The first kappa shape index (κ1) is 20.5. The Kier molecular flexibility index (Phi) is 4.40. The Balaban J connectivity index is 1.83. The predicted octanol–water partition coefficient (Wildman–Crippen LogP) is 2.75. The number of amides is 1. The molecule has 0 fully saturated rings. The number of anilines is 1. The van der Waals surface area contributed by atoms with Crippen molar-refractivity contribution in [2.75, 3.05) is 4.90 Å². The Morgan fingerprint density at radius 3 is 2.55 bits per heavy atom. The Hall–Kier alpha value is -4.38. The summed E-state index contributed by atoms with van der Waals surface area (Å²) < 4.78 is 20.5. The number of halogens is 1. The second kappa shape index (κ2) is 7.07. The van der Waals surface area contributed by atoms with Crippen molar-refractivity contribution in [1.82, 2.24) is 4.57 Å². The molecule has 3 aromatic rings. The minimum Gasteiger partial charge on any atom is -0.440 e. The number of hydrogen-bond acceptors (Lipinski definition) is 5. The predicted molar refractivity (Wildman–Crippen MR) is 119 cm³/mol. The molecule has 0 aliphatic carbocycles. The van der Waals surface area contributed by atoms with Gasteiger partial charge in [0.1, 0.15) is 23.2 Å². The summed E-state index contributed by atoms with van der Waals surface area (Å²) in [5.74, 6) is -0.940. The number of aryl methyl sites for hydroxylation is 1. The minimum absolute atomic E-state index is 0.0559. The highest BCUT2D eigenvalue weighted by Gasteiger charge is 2.60. The van der Waals surface area contributed by atoms with Crippen LogP contribution < -0.4 is 20.9 Å². The van der Waals surface area contributed by atoms with E-state index in [0.29, 0.717) is 22.5 Å². The number of carbonyl (C=O) groups excluding carboxylic acids is 1. The lowest BCUT2D eigenvalue weighted by Gasteiger charge is -2.34. The molecule has 0 saturated carbocycles. The number of nitriles is 1. The summed E-state index contributed by atoms with van der Waals surface area (Å²) in [6, 6.07) is 16.5. The molecule has 8 heteroatoms. The zero-order valence-corrected chi connectivity index (χ0v) is 17.9. The number of rotatable bonds is 2. The molecule has 1 aromatic heterocycles. The minimum atomic E-state index is -1.74. The third-order valence-electron chi connectivity index (χ3n) is 6.38. The number of nitrogens with two attached hydrogens (primary N) is 1. The van der Waals surface area contributed by atoms with Crippen LogP contribution in [0.25, 0.3) is 0 Å². The van der Waals surface area contributed by atoms with Gasteiger partial charge in [-0.25, -0.2) is 4.39 Å². The van der Waals surface area contributed by atoms with Crippen LogP contribution in [0.5, 0.6) is 5.75 Å². The second-order valence-electron chi connectivity index (χ2n) is 8.13. The van der Waals surface area contributed by atoms with Gasteiger partial charge in [-0.2, -0.15) is 5.26 Å². The van der Waals surface area contributed by atoms with Crippen LogP contribution in [0.15, 0.2) is 70.8 Å². The molecule has 0 radical (unpaired) electrons. The van der Waals surface area contributed by atoms with Gasteiger partial charge in [-0.15, -0.1) is 0 Å². The van der Waals surface area contributed by atoms with E-state index in [1.54, 1.807) is 56.4 Å². The molecule has 1 amide bonds. The second-order valence-corrected chi connectivity index (χ2v) is 8.13. The van der Waals surface area contributed by atoms with Gasteiger partial charge in [0.2, 0.25) is 11.8 Å². The number of nitrogens with zero attached hydrogens (tertiary/aromatic N) is 3. The fourth-order valence-electron chi connectivity index (χ4n) is 4.70. The number of pyridine rings is 1. The summed E-state index contributed by atoms with van der Waals surface area (Å²) in [7, 11) is 1.60. The van der Waals surface area contributed by atoms with Crippen molar-refractivity contribution in [1.29, 1.82) is 5.26 Å². The van der Waals surface area contributed by atoms with Crippen LogP contribution >= 0.6 is 0 Å². The first-order chi connectivity index (χ1) is 15.8. The van der Waals surface area contributed by atoms with Crippen LogP contribution in [-0.4, -0.2) is 10.5 Å². The van der Waals surface area contributed by atoms with Gasteiger partial charge in [0, 0.05) is 30.1 Å². The molecule has 0 unspecified atom stereocenters. The Labute approximate surface area is 188 Å². The monoisotopic (exact) mass is 442 g/mol. The molecule has 33 heavy (non-hydrogen) atoms. The van der Waals surface area contributed by atoms with E-state index in [1.165, 1.54) is 21.6 Å². The highest BCUT2D eigenvalue weighted by Crippen LogP contribution is 2.54. The molecule has 0 saturated heterocycles. The van der Waals surface area contributed by atoms with E-state index in [0.717, 1.165) is 0 Å². The summed E-state index contributed by atoms with van der Waals surface area (Å²) in [6.07, 6.45) is 0. The van der Waals surface area contributed by atoms with Crippen molar-refractivity contribution < 1.29 is 13.9 Å². The molecular weight excluding hydrogens is 423 g/mol. The first-order valence-corrected chi connectivity index (χ1v) is 10.3. The van der Waals surface area contributed by atoms with Gasteiger partial charge >= 0.3 is 0 Å². The lowest BCUT2D eigenvalue weighted by Crippen LogP contribution is -2.49.